The van der Waals surface area contributed by atoms with Crippen molar-refractivity contribution in [3.8, 4) is 0 Å². The summed E-state index contributed by atoms with van der Waals surface area (Å²) in [6.45, 7) is 3.34. The predicted molar refractivity (Wildman–Crippen MR) is 47.5 cm³/mol. The number of halogens is 3. The third kappa shape index (κ3) is 33.3. The van der Waals surface area contributed by atoms with Gasteiger partial charge in [0, 0.05) is 27.3 Å². The number of ether oxygens (including phenoxy) is 2. The highest BCUT2D eigenvalue weighted by molar-refractivity contribution is 8.02. The van der Waals surface area contributed by atoms with Gasteiger partial charge < -0.3 is 14.8 Å². The van der Waals surface area contributed by atoms with Crippen LogP contribution >= 0.6 is 12.1 Å². The first-order valence-electron chi connectivity index (χ1n) is 3.56. The highest BCUT2D eigenvalue weighted by Gasteiger charge is 1.86. The summed E-state index contributed by atoms with van der Waals surface area (Å²) >= 11 is -3.86. The Hall–Kier alpha value is 0.0200. The fraction of sp³-hybridized carbons (Fsp3) is 1.00. The van der Waals surface area contributed by atoms with E-state index in [1.165, 1.54) is 0 Å². The second-order valence-electron chi connectivity index (χ2n) is 1.91. The van der Waals surface area contributed by atoms with Gasteiger partial charge in [0.05, 0.1) is 13.2 Å². The van der Waals surface area contributed by atoms with E-state index in [1.807, 2.05) is 0 Å². The molecule has 0 aromatic rings. The maximum absolute atomic E-state index is 9.69. The molecule has 0 aromatic carbocycles. The summed E-state index contributed by atoms with van der Waals surface area (Å²) in [6, 6.07) is 0. The fourth-order valence-corrected chi connectivity index (χ4v) is 0.473. The molecule has 0 aromatic heterocycles. The van der Waals surface area contributed by atoms with E-state index in [9.17, 15) is 11.7 Å². The number of nitrogens with one attached hydrogen (secondary N) is 1. The van der Waals surface area contributed by atoms with Gasteiger partial charge >= 0.3 is 12.1 Å². The van der Waals surface area contributed by atoms with Crippen molar-refractivity contribution >= 4 is 12.1 Å². The molecule has 0 aliphatic rings. The van der Waals surface area contributed by atoms with Crippen molar-refractivity contribution in [3.63, 3.8) is 0 Å². The molecule has 83 valence electrons. The Kier molecular flexibility index (Phi) is 17.3. The Labute approximate surface area is 79.8 Å². The van der Waals surface area contributed by atoms with Crippen molar-refractivity contribution in [3.05, 3.63) is 0 Å². The second kappa shape index (κ2) is 14.5. The summed E-state index contributed by atoms with van der Waals surface area (Å²) in [5.74, 6) is 0. The molecular weight excluding hydrogens is 207 g/mol. The molecule has 0 amide bonds. The van der Waals surface area contributed by atoms with Crippen LogP contribution in [0.5, 0.6) is 0 Å². The molecule has 0 saturated heterocycles. The summed E-state index contributed by atoms with van der Waals surface area (Å²) in [5, 5.41) is 3.14. The van der Waals surface area contributed by atoms with E-state index in [-0.39, 0.29) is 0 Å². The van der Waals surface area contributed by atoms with Crippen LogP contribution in [0.1, 0.15) is 0 Å². The van der Waals surface area contributed by atoms with E-state index in [0.717, 1.165) is 26.3 Å². The van der Waals surface area contributed by atoms with Crippen molar-refractivity contribution in [2.24, 2.45) is 0 Å². The monoisotopic (exact) mass is 222 g/mol. The molecule has 3 nitrogen and oxygen atoms in total. The molecule has 0 heterocycles. The zero-order valence-corrected chi connectivity index (χ0v) is 8.50. The summed E-state index contributed by atoms with van der Waals surface area (Å²) in [5.41, 5.74) is 0. The Morgan fingerprint density at radius 2 is 1.31 bits per heavy atom. The smallest absolute Gasteiger partial charge is 0.324 e. The molecule has 0 spiro atoms. The Balaban J connectivity index is 0. The second-order valence-corrected chi connectivity index (χ2v) is 2.26. The number of hydrogen-bond acceptors (Lipinski definition) is 3. The lowest BCUT2D eigenvalue weighted by atomic mass is 10.6. The van der Waals surface area contributed by atoms with Gasteiger partial charge in [-0.2, -0.15) is 0 Å². The van der Waals surface area contributed by atoms with E-state index in [1.54, 1.807) is 14.2 Å². The van der Waals surface area contributed by atoms with Crippen LogP contribution in [-0.4, -0.2) is 40.5 Å². The molecule has 1 radical (unpaired) electrons. The molecule has 0 aliphatic heterocycles. The SMILES string of the molecule is COCCNCCOC.F[S](F)F. The minimum Gasteiger partial charge on any atom is -0.383 e. The van der Waals surface area contributed by atoms with Crippen LogP contribution in [0, 0.1) is 0 Å². The highest BCUT2D eigenvalue weighted by Crippen LogP contribution is 2.27. The Morgan fingerprint density at radius 3 is 1.54 bits per heavy atom. The van der Waals surface area contributed by atoms with E-state index >= 15 is 0 Å². The van der Waals surface area contributed by atoms with Gasteiger partial charge in [-0.15, -0.1) is 11.7 Å². The van der Waals surface area contributed by atoms with Gasteiger partial charge in [0.15, 0.2) is 0 Å². The molecular formula is C6H15F3NO2S. The van der Waals surface area contributed by atoms with Crippen LogP contribution in [-0.2, 0) is 9.47 Å². The molecule has 0 unspecified atom stereocenters. The summed E-state index contributed by atoms with van der Waals surface area (Å²) in [6.07, 6.45) is 0. The maximum atomic E-state index is 9.69. The van der Waals surface area contributed by atoms with Gasteiger partial charge in [-0.3, -0.25) is 0 Å². The minimum absolute atomic E-state index is 0.768. The van der Waals surface area contributed by atoms with Crippen LogP contribution in [0.3, 0.4) is 0 Å². The molecule has 7 heteroatoms. The molecule has 0 aliphatic carbocycles. The molecule has 13 heavy (non-hydrogen) atoms. The Morgan fingerprint density at radius 1 is 1.00 bits per heavy atom. The lowest BCUT2D eigenvalue weighted by Crippen LogP contribution is -2.23. The van der Waals surface area contributed by atoms with Gasteiger partial charge in [0.25, 0.3) is 0 Å². The number of methoxy groups -OCH3 is 2. The summed E-state index contributed by atoms with van der Waals surface area (Å²) in [7, 11) is 3.38. The van der Waals surface area contributed by atoms with E-state index < -0.39 is 12.1 Å². The van der Waals surface area contributed by atoms with Gasteiger partial charge in [-0.05, 0) is 0 Å². The van der Waals surface area contributed by atoms with Crippen molar-refractivity contribution in [2.75, 3.05) is 40.5 Å². The van der Waals surface area contributed by atoms with Crippen LogP contribution in [0.4, 0.5) is 11.7 Å². The first-order chi connectivity index (χ1) is 6.15. The molecule has 1 N–H and O–H groups in total. The zero-order valence-electron chi connectivity index (χ0n) is 7.69. The van der Waals surface area contributed by atoms with E-state index in [4.69, 9.17) is 9.47 Å². The maximum Gasteiger partial charge on any atom is 0.324 e. The van der Waals surface area contributed by atoms with Crippen molar-refractivity contribution in [2.45, 2.75) is 0 Å². The van der Waals surface area contributed by atoms with Crippen LogP contribution in [0.2, 0.25) is 0 Å². The van der Waals surface area contributed by atoms with E-state index in [0.29, 0.717) is 0 Å². The number of rotatable bonds is 6. The van der Waals surface area contributed by atoms with Gasteiger partial charge in [0.2, 0.25) is 0 Å². The largest absolute Gasteiger partial charge is 0.383 e. The molecule has 0 fully saturated rings. The van der Waals surface area contributed by atoms with Crippen LogP contribution < -0.4 is 5.32 Å². The predicted octanol–water partition coefficient (Wildman–Crippen LogP) is 1.78. The summed E-state index contributed by atoms with van der Waals surface area (Å²) in [4.78, 5) is 0. The van der Waals surface area contributed by atoms with Crippen LogP contribution in [0.25, 0.3) is 0 Å². The van der Waals surface area contributed by atoms with Crippen LogP contribution in [0.15, 0.2) is 0 Å². The third-order valence-electron chi connectivity index (χ3n) is 0.966. The first kappa shape index (κ1) is 15.5. The van der Waals surface area contributed by atoms with Crippen molar-refractivity contribution < 1.29 is 21.1 Å². The Bertz CT molecular complexity index is 81.5. The quantitative estimate of drug-likeness (QED) is 0.695. The minimum atomic E-state index is -3.86. The molecule has 0 rings (SSSR count). The van der Waals surface area contributed by atoms with E-state index in [2.05, 4.69) is 5.32 Å². The fourth-order valence-electron chi connectivity index (χ4n) is 0.473. The number of hydrogen-bond donors (Lipinski definition) is 1. The van der Waals surface area contributed by atoms with Crippen molar-refractivity contribution in [1.82, 2.24) is 5.32 Å². The average Bonchev–Trinajstić information content (AvgIpc) is 2.03. The lowest BCUT2D eigenvalue weighted by Gasteiger charge is -2.01. The topological polar surface area (TPSA) is 30.5 Å². The first-order valence-corrected chi connectivity index (χ1v) is 4.49. The van der Waals surface area contributed by atoms with Crippen molar-refractivity contribution in [1.29, 1.82) is 0 Å². The third-order valence-corrected chi connectivity index (χ3v) is 0.966. The van der Waals surface area contributed by atoms with Gasteiger partial charge in [0.1, 0.15) is 0 Å². The molecule has 0 saturated carbocycles. The molecule has 0 bridgehead atoms. The van der Waals surface area contributed by atoms with Gasteiger partial charge in [-0.25, -0.2) is 0 Å². The average molecular weight is 222 g/mol. The zero-order chi connectivity index (χ0) is 10.5. The molecule has 0 atom stereocenters. The highest BCUT2D eigenvalue weighted by atomic mass is 32.3. The normalized spacial score (nSPS) is 9.69. The standard InChI is InChI=1S/C6H15NO2.F3S/c1-8-5-3-7-4-6-9-2;1-4(2)3/h7H,3-6H2,1-2H3;. The lowest BCUT2D eigenvalue weighted by molar-refractivity contribution is 0.180. The van der Waals surface area contributed by atoms with Gasteiger partial charge in [-0.1, -0.05) is 0 Å². The summed E-state index contributed by atoms with van der Waals surface area (Å²) < 4.78 is 38.7.